The highest BCUT2D eigenvalue weighted by atomic mass is 32.2. The molecule has 0 radical (unpaired) electrons. The van der Waals surface area contributed by atoms with Gasteiger partial charge in [-0.05, 0) is 56.9 Å². The summed E-state index contributed by atoms with van der Waals surface area (Å²) in [5, 5.41) is 2.86. The normalized spacial score (nSPS) is 23.8. The van der Waals surface area contributed by atoms with E-state index in [1.165, 1.54) is 26.3 Å². The minimum absolute atomic E-state index is 0.0995. The van der Waals surface area contributed by atoms with E-state index < -0.39 is 10.0 Å². The molecule has 3 rings (SSSR count). The third kappa shape index (κ3) is 6.17. The molecule has 2 saturated heterocycles. The number of nitrogens with zero attached hydrogens (tertiary/aromatic N) is 3. The molecule has 2 heterocycles. The standard InChI is InChI=1S/C21H34N4O5S/c1-16-13-24(14-17(2)30-16)15-18-9-11-25(12-10-18)21(26)22-19-5-7-20(8-6-19)31(27,28)23(3)29-4/h5-8,16-18H,9-15H2,1-4H3,(H,22,26). The van der Waals surface area contributed by atoms with Gasteiger partial charge in [0, 0.05) is 45.5 Å². The fourth-order valence-electron chi connectivity index (χ4n) is 4.28. The van der Waals surface area contributed by atoms with Gasteiger partial charge in [0.25, 0.3) is 10.0 Å². The zero-order chi connectivity index (χ0) is 22.6. The van der Waals surface area contributed by atoms with Gasteiger partial charge in [-0.2, -0.15) is 0 Å². The van der Waals surface area contributed by atoms with E-state index in [2.05, 4.69) is 24.1 Å². The molecule has 0 spiro atoms. The Labute approximate surface area is 185 Å². The maximum atomic E-state index is 12.6. The van der Waals surface area contributed by atoms with E-state index in [0.717, 1.165) is 50.0 Å². The number of rotatable bonds is 6. The zero-order valence-corrected chi connectivity index (χ0v) is 19.6. The Balaban J connectivity index is 1.48. The van der Waals surface area contributed by atoms with Crippen molar-refractivity contribution in [2.24, 2.45) is 5.92 Å². The van der Waals surface area contributed by atoms with Crippen molar-refractivity contribution in [1.82, 2.24) is 14.3 Å². The number of nitrogens with one attached hydrogen (secondary N) is 1. The molecule has 2 amide bonds. The maximum Gasteiger partial charge on any atom is 0.321 e. The number of anilines is 1. The molecule has 2 aliphatic rings. The van der Waals surface area contributed by atoms with Crippen LogP contribution >= 0.6 is 0 Å². The topological polar surface area (TPSA) is 91.4 Å². The number of urea groups is 1. The Bertz CT molecular complexity index is 830. The van der Waals surface area contributed by atoms with Gasteiger partial charge in [-0.15, -0.1) is 0 Å². The second kappa shape index (κ2) is 10.3. The zero-order valence-electron chi connectivity index (χ0n) is 18.8. The number of likely N-dealkylation sites (tertiary alicyclic amines) is 1. The van der Waals surface area contributed by atoms with Crippen LogP contribution in [-0.4, -0.2) is 87.8 Å². The molecule has 2 fully saturated rings. The van der Waals surface area contributed by atoms with Crippen LogP contribution in [0.5, 0.6) is 0 Å². The molecule has 0 bridgehead atoms. The number of morpholine rings is 1. The molecule has 10 heteroatoms. The third-order valence-electron chi connectivity index (χ3n) is 5.91. The SMILES string of the molecule is CON(C)S(=O)(=O)c1ccc(NC(=O)N2CCC(CN3CC(C)OC(C)C3)CC2)cc1. The average molecular weight is 455 g/mol. The van der Waals surface area contributed by atoms with Crippen LogP contribution in [-0.2, 0) is 19.6 Å². The quantitative estimate of drug-likeness (QED) is 0.663. The summed E-state index contributed by atoms with van der Waals surface area (Å²) in [5.74, 6) is 0.587. The van der Waals surface area contributed by atoms with Gasteiger partial charge in [0.05, 0.1) is 24.2 Å². The van der Waals surface area contributed by atoms with Gasteiger partial charge in [0.2, 0.25) is 0 Å². The molecule has 0 saturated carbocycles. The van der Waals surface area contributed by atoms with Crippen molar-refractivity contribution in [3.8, 4) is 0 Å². The Kier molecular flexibility index (Phi) is 7.92. The molecule has 174 valence electrons. The summed E-state index contributed by atoms with van der Waals surface area (Å²) in [6.45, 7) is 8.67. The van der Waals surface area contributed by atoms with Crippen LogP contribution in [0.15, 0.2) is 29.2 Å². The first-order valence-corrected chi connectivity index (χ1v) is 12.2. The van der Waals surface area contributed by atoms with E-state index in [-0.39, 0.29) is 23.1 Å². The molecule has 0 aromatic heterocycles. The Morgan fingerprint density at radius 2 is 1.74 bits per heavy atom. The number of hydroxylamine groups is 1. The number of amides is 2. The van der Waals surface area contributed by atoms with Crippen molar-refractivity contribution in [3.05, 3.63) is 24.3 Å². The van der Waals surface area contributed by atoms with Gasteiger partial charge in [-0.25, -0.2) is 13.2 Å². The van der Waals surface area contributed by atoms with E-state index in [0.29, 0.717) is 11.6 Å². The van der Waals surface area contributed by atoms with Crippen molar-refractivity contribution in [2.75, 3.05) is 52.2 Å². The van der Waals surface area contributed by atoms with Gasteiger partial charge in [0.15, 0.2) is 0 Å². The first kappa shape index (κ1) is 23.9. The van der Waals surface area contributed by atoms with Gasteiger partial charge in [0.1, 0.15) is 0 Å². The van der Waals surface area contributed by atoms with Crippen molar-refractivity contribution < 1.29 is 22.8 Å². The van der Waals surface area contributed by atoms with E-state index in [1.54, 1.807) is 12.1 Å². The lowest BCUT2D eigenvalue weighted by Crippen LogP contribution is -2.49. The van der Waals surface area contributed by atoms with Gasteiger partial charge < -0.3 is 15.0 Å². The second-order valence-electron chi connectivity index (χ2n) is 8.46. The molecule has 2 unspecified atom stereocenters. The van der Waals surface area contributed by atoms with Crippen LogP contribution in [0.4, 0.5) is 10.5 Å². The molecule has 1 aromatic rings. The van der Waals surface area contributed by atoms with Gasteiger partial charge in [-0.3, -0.25) is 9.74 Å². The average Bonchev–Trinajstić information content (AvgIpc) is 2.73. The lowest BCUT2D eigenvalue weighted by molar-refractivity contribution is -0.0728. The summed E-state index contributed by atoms with van der Waals surface area (Å²) >= 11 is 0. The first-order valence-electron chi connectivity index (χ1n) is 10.8. The van der Waals surface area contributed by atoms with Gasteiger partial charge >= 0.3 is 6.03 Å². The third-order valence-corrected chi connectivity index (χ3v) is 7.61. The number of benzene rings is 1. The van der Waals surface area contributed by atoms with Crippen molar-refractivity contribution in [1.29, 1.82) is 0 Å². The van der Waals surface area contributed by atoms with Gasteiger partial charge in [-0.1, -0.05) is 4.47 Å². The minimum Gasteiger partial charge on any atom is -0.373 e. The summed E-state index contributed by atoms with van der Waals surface area (Å²) in [7, 11) is -1.09. The highest BCUT2D eigenvalue weighted by Gasteiger charge is 2.28. The van der Waals surface area contributed by atoms with E-state index in [9.17, 15) is 13.2 Å². The molecule has 1 N–H and O–H groups in total. The summed E-state index contributed by atoms with van der Waals surface area (Å²) in [6, 6.07) is 5.93. The number of piperidine rings is 1. The van der Waals surface area contributed by atoms with Crippen molar-refractivity contribution in [2.45, 2.75) is 43.8 Å². The molecule has 2 atom stereocenters. The molecular formula is C21H34N4O5S. The Morgan fingerprint density at radius 3 is 2.29 bits per heavy atom. The number of ether oxygens (including phenoxy) is 1. The molecular weight excluding hydrogens is 420 g/mol. The monoisotopic (exact) mass is 454 g/mol. The lowest BCUT2D eigenvalue weighted by atomic mass is 9.96. The summed E-state index contributed by atoms with van der Waals surface area (Å²) in [5.41, 5.74) is 0.558. The van der Waals surface area contributed by atoms with E-state index in [4.69, 9.17) is 9.57 Å². The second-order valence-corrected chi connectivity index (χ2v) is 10.4. The van der Waals surface area contributed by atoms with Crippen LogP contribution in [0, 0.1) is 5.92 Å². The van der Waals surface area contributed by atoms with Crippen molar-refractivity contribution in [3.63, 3.8) is 0 Å². The van der Waals surface area contributed by atoms with E-state index >= 15 is 0 Å². The number of carbonyl (C=O) groups is 1. The number of hydrogen-bond donors (Lipinski definition) is 1. The highest BCUT2D eigenvalue weighted by molar-refractivity contribution is 7.89. The highest BCUT2D eigenvalue weighted by Crippen LogP contribution is 2.22. The van der Waals surface area contributed by atoms with Crippen LogP contribution in [0.3, 0.4) is 0 Å². The molecule has 2 aliphatic heterocycles. The van der Waals surface area contributed by atoms with Crippen LogP contribution in [0.2, 0.25) is 0 Å². The molecule has 0 aliphatic carbocycles. The van der Waals surface area contributed by atoms with Crippen molar-refractivity contribution >= 4 is 21.7 Å². The lowest BCUT2D eigenvalue weighted by Gasteiger charge is -2.39. The Hall–Kier alpha value is -1.72. The van der Waals surface area contributed by atoms with Crippen LogP contribution in [0.25, 0.3) is 0 Å². The van der Waals surface area contributed by atoms with E-state index in [1.807, 2.05) is 4.90 Å². The molecule has 9 nitrogen and oxygen atoms in total. The summed E-state index contributed by atoms with van der Waals surface area (Å²) < 4.78 is 31.1. The summed E-state index contributed by atoms with van der Waals surface area (Å²) in [4.78, 5) is 21.8. The molecule has 1 aromatic carbocycles. The predicted octanol–water partition coefficient (Wildman–Crippen LogP) is 2.22. The number of sulfonamides is 1. The fraction of sp³-hybridized carbons (Fsp3) is 0.667. The first-order chi connectivity index (χ1) is 14.7. The summed E-state index contributed by atoms with van der Waals surface area (Å²) in [6.07, 6.45) is 2.50. The minimum atomic E-state index is -3.70. The fourth-order valence-corrected chi connectivity index (χ4v) is 5.25. The maximum absolute atomic E-state index is 12.6. The van der Waals surface area contributed by atoms with Crippen LogP contribution < -0.4 is 5.32 Å². The predicted molar refractivity (Wildman–Crippen MR) is 118 cm³/mol. The van der Waals surface area contributed by atoms with Crippen LogP contribution in [0.1, 0.15) is 26.7 Å². The smallest absolute Gasteiger partial charge is 0.321 e. The number of hydrogen-bond acceptors (Lipinski definition) is 6. The largest absolute Gasteiger partial charge is 0.373 e. The molecule has 31 heavy (non-hydrogen) atoms. The Morgan fingerprint density at radius 1 is 1.16 bits per heavy atom. The number of carbonyl (C=O) groups excluding carboxylic acids is 1.